The molecule has 0 aromatic carbocycles. The van der Waals surface area contributed by atoms with Crippen LogP contribution in [0.15, 0.2) is 0 Å². The van der Waals surface area contributed by atoms with E-state index in [2.05, 4.69) is 13.8 Å². The minimum Gasteiger partial charge on any atom is -0.0944 e. The van der Waals surface area contributed by atoms with Crippen molar-refractivity contribution >= 4 is 21.6 Å². The Hall–Kier alpha value is 0.700. The van der Waals surface area contributed by atoms with E-state index >= 15 is 0 Å². The zero-order chi connectivity index (χ0) is 7.66. The maximum Gasteiger partial charge on any atom is 0.00369 e. The Bertz CT molecular complexity index is 47.2. The molecule has 0 aliphatic carbocycles. The van der Waals surface area contributed by atoms with E-state index in [0.29, 0.717) is 0 Å². The van der Waals surface area contributed by atoms with Crippen LogP contribution in [0.2, 0.25) is 0 Å². The average Bonchev–Trinajstić information content (AvgIpc) is 1.97. The van der Waals surface area contributed by atoms with E-state index in [1.807, 2.05) is 21.6 Å². The van der Waals surface area contributed by atoms with Gasteiger partial charge in [-0.25, -0.2) is 0 Å². The van der Waals surface area contributed by atoms with Gasteiger partial charge in [-0.1, -0.05) is 54.7 Å². The summed E-state index contributed by atoms with van der Waals surface area (Å²) in [6, 6.07) is 0. The molecule has 0 spiro atoms. The first-order chi connectivity index (χ1) is 4.91. The molecule has 0 fully saturated rings. The Kier molecular flexibility index (Phi) is 10.4. The second-order valence-corrected chi connectivity index (χ2v) is 5.16. The van der Waals surface area contributed by atoms with Crippen molar-refractivity contribution in [2.24, 2.45) is 0 Å². The maximum atomic E-state index is 2.26. The van der Waals surface area contributed by atoms with E-state index < -0.39 is 0 Å². The van der Waals surface area contributed by atoms with Gasteiger partial charge in [0, 0.05) is 11.5 Å². The summed E-state index contributed by atoms with van der Waals surface area (Å²) in [6.07, 6.45) is 5.60. The van der Waals surface area contributed by atoms with Crippen molar-refractivity contribution in [3.63, 3.8) is 0 Å². The van der Waals surface area contributed by atoms with Gasteiger partial charge in [-0.05, 0) is 6.42 Å². The molecule has 0 radical (unpaired) electrons. The molecule has 0 rings (SSSR count). The monoisotopic (exact) mass is 178 g/mol. The lowest BCUT2D eigenvalue weighted by molar-refractivity contribution is 0.707. The molecule has 0 aliphatic rings. The maximum absolute atomic E-state index is 2.26. The molecular weight excluding hydrogens is 160 g/mol. The van der Waals surface area contributed by atoms with Crippen LogP contribution >= 0.6 is 21.6 Å². The third kappa shape index (κ3) is 8.70. The zero-order valence-electron chi connectivity index (χ0n) is 7.06. The van der Waals surface area contributed by atoms with Gasteiger partial charge in [-0.2, -0.15) is 0 Å². The van der Waals surface area contributed by atoms with E-state index in [9.17, 15) is 0 Å². The van der Waals surface area contributed by atoms with E-state index in [1.54, 1.807) is 0 Å². The molecule has 0 amide bonds. The summed E-state index contributed by atoms with van der Waals surface area (Å²) < 4.78 is 0. The van der Waals surface area contributed by atoms with Crippen molar-refractivity contribution in [1.29, 1.82) is 0 Å². The summed E-state index contributed by atoms with van der Waals surface area (Å²) in [7, 11) is 4.00. The largest absolute Gasteiger partial charge is 0.0944 e. The second kappa shape index (κ2) is 9.70. The third-order valence-electron chi connectivity index (χ3n) is 1.28. The molecule has 0 atom stereocenters. The fourth-order valence-electron chi connectivity index (χ4n) is 0.730. The van der Waals surface area contributed by atoms with Crippen LogP contribution in [0.3, 0.4) is 0 Å². The highest BCUT2D eigenvalue weighted by Crippen LogP contribution is 2.21. The van der Waals surface area contributed by atoms with Crippen molar-refractivity contribution in [1.82, 2.24) is 0 Å². The molecule has 0 saturated heterocycles. The van der Waals surface area contributed by atoms with Crippen molar-refractivity contribution in [2.75, 3.05) is 11.5 Å². The second-order valence-electron chi connectivity index (χ2n) is 2.29. The fourth-order valence-corrected chi connectivity index (χ4v) is 2.54. The Balaban J connectivity index is 2.65. The molecule has 0 N–H and O–H groups in total. The number of hydrogen-bond donors (Lipinski definition) is 0. The number of hydrogen-bond acceptors (Lipinski definition) is 2. The minimum absolute atomic E-state index is 1.25. The van der Waals surface area contributed by atoms with Crippen molar-refractivity contribution in [2.45, 2.75) is 39.5 Å². The molecule has 2 heteroatoms. The Morgan fingerprint density at radius 2 is 1.70 bits per heavy atom. The Morgan fingerprint density at radius 3 is 2.30 bits per heavy atom. The van der Waals surface area contributed by atoms with Crippen LogP contribution in [0.25, 0.3) is 0 Å². The van der Waals surface area contributed by atoms with Gasteiger partial charge in [0.25, 0.3) is 0 Å². The Labute approximate surface area is 72.9 Å². The lowest BCUT2D eigenvalue weighted by Gasteiger charge is -1.97. The number of rotatable bonds is 7. The lowest BCUT2D eigenvalue weighted by atomic mass is 10.2. The molecule has 0 unspecified atom stereocenters. The standard InChI is InChI=1S/C8H18S2/c1-3-5-6-7-8-10-9-4-2/h3-8H2,1-2H3. The normalized spacial score (nSPS) is 10.2. The minimum atomic E-state index is 1.25. The predicted molar refractivity (Wildman–Crippen MR) is 54.7 cm³/mol. The van der Waals surface area contributed by atoms with Crippen LogP contribution in [0.1, 0.15) is 39.5 Å². The topological polar surface area (TPSA) is 0 Å². The van der Waals surface area contributed by atoms with Crippen LogP contribution < -0.4 is 0 Å². The summed E-state index contributed by atoms with van der Waals surface area (Å²) in [5.41, 5.74) is 0. The molecule has 0 aromatic rings. The Morgan fingerprint density at radius 1 is 0.900 bits per heavy atom. The third-order valence-corrected chi connectivity index (χ3v) is 3.85. The molecule has 0 aromatic heterocycles. The fraction of sp³-hybridized carbons (Fsp3) is 1.00. The highest BCUT2D eigenvalue weighted by atomic mass is 33.1. The van der Waals surface area contributed by atoms with Gasteiger partial charge in [-0.15, -0.1) is 0 Å². The first kappa shape index (κ1) is 10.7. The lowest BCUT2D eigenvalue weighted by Crippen LogP contribution is -1.77. The van der Waals surface area contributed by atoms with Crippen molar-refractivity contribution in [3.8, 4) is 0 Å². The molecule has 10 heavy (non-hydrogen) atoms. The van der Waals surface area contributed by atoms with Crippen LogP contribution in [-0.2, 0) is 0 Å². The van der Waals surface area contributed by atoms with E-state index in [1.165, 1.54) is 37.2 Å². The van der Waals surface area contributed by atoms with Crippen LogP contribution in [0.4, 0.5) is 0 Å². The molecule has 62 valence electrons. The smallest absolute Gasteiger partial charge is 0.00369 e. The van der Waals surface area contributed by atoms with Gasteiger partial charge < -0.3 is 0 Å². The molecule has 0 aliphatic heterocycles. The summed E-state index contributed by atoms with van der Waals surface area (Å²) in [4.78, 5) is 0. The number of unbranched alkanes of at least 4 members (excludes halogenated alkanes) is 3. The van der Waals surface area contributed by atoms with E-state index in [4.69, 9.17) is 0 Å². The predicted octanol–water partition coefficient (Wildman–Crippen LogP) is 3.97. The van der Waals surface area contributed by atoms with Gasteiger partial charge in [0.2, 0.25) is 0 Å². The first-order valence-corrected chi connectivity index (χ1v) is 6.65. The molecule has 0 saturated carbocycles. The highest BCUT2D eigenvalue weighted by Gasteiger charge is 1.88. The first-order valence-electron chi connectivity index (χ1n) is 4.16. The van der Waals surface area contributed by atoms with Gasteiger partial charge in [0.05, 0.1) is 0 Å². The van der Waals surface area contributed by atoms with Gasteiger partial charge in [-0.3, -0.25) is 0 Å². The summed E-state index contributed by atoms with van der Waals surface area (Å²) in [5.74, 6) is 2.59. The summed E-state index contributed by atoms with van der Waals surface area (Å²) >= 11 is 0. The molecule has 0 heterocycles. The van der Waals surface area contributed by atoms with Gasteiger partial charge in [0.1, 0.15) is 0 Å². The van der Waals surface area contributed by atoms with E-state index in [-0.39, 0.29) is 0 Å². The SMILES string of the molecule is CCCCCCSSCC. The van der Waals surface area contributed by atoms with Crippen LogP contribution in [0.5, 0.6) is 0 Å². The molecule has 0 bridgehead atoms. The quantitative estimate of drug-likeness (QED) is 0.427. The van der Waals surface area contributed by atoms with E-state index in [0.717, 1.165) is 0 Å². The highest BCUT2D eigenvalue weighted by molar-refractivity contribution is 8.76. The van der Waals surface area contributed by atoms with Crippen molar-refractivity contribution < 1.29 is 0 Å². The molecular formula is C8H18S2. The average molecular weight is 178 g/mol. The van der Waals surface area contributed by atoms with Gasteiger partial charge in [0.15, 0.2) is 0 Å². The van der Waals surface area contributed by atoms with Crippen LogP contribution in [-0.4, -0.2) is 11.5 Å². The summed E-state index contributed by atoms with van der Waals surface area (Å²) in [5, 5.41) is 0. The summed E-state index contributed by atoms with van der Waals surface area (Å²) in [6.45, 7) is 4.47. The van der Waals surface area contributed by atoms with Gasteiger partial charge >= 0.3 is 0 Å². The zero-order valence-corrected chi connectivity index (χ0v) is 8.69. The van der Waals surface area contributed by atoms with Crippen molar-refractivity contribution in [3.05, 3.63) is 0 Å². The van der Waals surface area contributed by atoms with Crippen LogP contribution in [0, 0.1) is 0 Å². The molecule has 0 nitrogen and oxygen atoms in total.